The summed E-state index contributed by atoms with van der Waals surface area (Å²) in [6.45, 7) is 8.64. The van der Waals surface area contributed by atoms with Crippen LogP contribution in [0.4, 0.5) is 5.13 Å². The van der Waals surface area contributed by atoms with Gasteiger partial charge in [-0.25, -0.2) is 0 Å². The maximum atomic E-state index is 12.0. The molecule has 0 bridgehead atoms. The molecule has 2 aromatic heterocycles. The molecule has 8 nitrogen and oxygen atoms in total. The Balaban J connectivity index is 1.63. The number of hydrogen-bond acceptors (Lipinski definition) is 8. The van der Waals surface area contributed by atoms with Gasteiger partial charge in [-0.05, 0) is 25.5 Å². The number of carbonyl (C=O) groups excluding carboxylic acids is 1. The van der Waals surface area contributed by atoms with Crippen molar-refractivity contribution >= 4 is 34.1 Å². The normalized spacial score (nSPS) is 10.6. The largest absolute Gasteiger partial charge is 0.485 e. The summed E-state index contributed by atoms with van der Waals surface area (Å²) < 4.78 is 7.80. The first-order valence-electron chi connectivity index (χ1n) is 8.48. The van der Waals surface area contributed by atoms with Crippen LogP contribution in [-0.4, -0.2) is 36.6 Å². The second-order valence-electron chi connectivity index (χ2n) is 5.94. The van der Waals surface area contributed by atoms with E-state index in [1.807, 2.05) is 30.5 Å². The van der Waals surface area contributed by atoms with Gasteiger partial charge in [-0.1, -0.05) is 46.9 Å². The van der Waals surface area contributed by atoms with Crippen molar-refractivity contribution in [1.82, 2.24) is 25.0 Å². The van der Waals surface area contributed by atoms with Crippen LogP contribution < -0.4 is 10.1 Å². The summed E-state index contributed by atoms with van der Waals surface area (Å²) in [7, 11) is 0. The van der Waals surface area contributed by atoms with Crippen LogP contribution in [0, 0.1) is 13.8 Å². The van der Waals surface area contributed by atoms with E-state index in [1.54, 1.807) is 11.6 Å². The van der Waals surface area contributed by atoms with Crippen molar-refractivity contribution in [2.75, 3.05) is 11.1 Å². The Labute approximate surface area is 171 Å². The molecular formula is C18H20N6O2S2. The van der Waals surface area contributed by atoms with Crippen molar-refractivity contribution in [3.63, 3.8) is 0 Å². The highest BCUT2D eigenvalue weighted by Crippen LogP contribution is 2.22. The number of carbonyl (C=O) groups is 1. The van der Waals surface area contributed by atoms with Gasteiger partial charge in [0.1, 0.15) is 17.9 Å². The Morgan fingerprint density at radius 3 is 2.93 bits per heavy atom. The van der Waals surface area contributed by atoms with Crippen molar-refractivity contribution in [1.29, 1.82) is 0 Å². The summed E-state index contributed by atoms with van der Waals surface area (Å²) in [4.78, 5) is 12.0. The second kappa shape index (κ2) is 9.47. The number of aryl methyl sites for hydroxylation is 2. The highest BCUT2D eigenvalue weighted by molar-refractivity contribution is 7.99. The zero-order valence-corrected chi connectivity index (χ0v) is 17.2. The van der Waals surface area contributed by atoms with Gasteiger partial charge in [-0.3, -0.25) is 14.7 Å². The molecule has 0 radical (unpaired) electrons. The standard InChI is InChI=1S/C18H20N6O2S2/c1-4-7-24-15(9-26-14-6-5-12(2)8-13(14)3)21-23-18(24)27-10-16(25)20-17-22-19-11-28-17/h4-6,8,11H,1,7,9-10H2,2-3H3,(H,20,22,25). The van der Waals surface area contributed by atoms with Gasteiger partial charge in [-0.15, -0.1) is 27.0 Å². The molecule has 2 heterocycles. The molecule has 0 saturated carbocycles. The summed E-state index contributed by atoms with van der Waals surface area (Å²) in [6.07, 6.45) is 1.76. The summed E-state index contributed by atoms with van der Waals surface area (Å²) in [5.74, 6) is 1.49. The fourth-order valence-electron chi connectivity index (χ4n) is 2.46. The second-order valence-corrected chi connectivity index (χ2v) is 7.71. The number of rotatable bonds is 9. The summed E-state index contributed by atoms with van der Waals surface area (Å²) >= 11 is 2.56. The molecule has 0 spiro atoms. The van der Waals surface area contributed by atoms with Crippen molar-refractivity contribution in [3.05, 3.63) is 53.3 Å². The van der Waals surface area contributed by atoms with Crippen LogP contribution in [0.1, 0.15) is 17.0 Å². The molecule has 0 fully saturated rings. The smallest absolute Gasteiger partial charge is 0.236 e. The minimum Gasteiger partial charge on any atom is -0.485 e. The van der Waals surface area contributed by atoms with Gasteiger partial charge in [0, 0.05) is 6.54 Å². The van der Waals surface area contributed by atoms with E-state index in [0.717, 1.165) is 11.3 Å². The molecule has 0 atom stereocenters. The van der Waals surface area contributed by atoms with E-state index in [0.29, 0.717) is 22.7 Å². The van der Waals surface area contributed by atoms with Crippen LogP contribution in [0.2, 0.25) is 0 Å². The number of hydrogen-bond donors (Lipinski definition) is 1. The van der Waals surface area contributed by atoms with E-state index in [9.17, 15) is 4.79 Å². The molecule has 10 heteroatoms. The summed E-state index contributed by atoms with van der Waals surface area (Å²) in [5, 5.41) is 19.7. The summed E-state index contributed by atoms with van der Waals surface area (Å²) in [6, 6.07) is 6.03. The first-order valence-corrected chi connectivity index (χ1v) is 10.3. The predicted molar refractivity (Wildman–Crippen MR) is 110 cm³/mol. The van der Waals surface area contributed by atoms with Crippen LogP contribution >= 0.6 is 23.1 Å². The number of nitrogens with one attached hydrogen (secondary N) is 1. The first-order chi connectivity index (χ1) is 13.6. The zero-order valence-electron chi connectivity index (χ0n) is 15.6. The Kier molecular flexibility index (Phi) is 6.77. The van der Waals surface area contributed by atoms with Crippen molar-refractivity contribution in [2.45, 2.75) is 32.2 Å². The average molecular weight is 417 g/mol. The van der Waals surface area contributed by atoms with Crippen LogP contribution in [0.3, 0.4) is 0 Å². The van der Waals surface area contributed by atoms with Crippen LogP contribution in [0.5, 0.6) is 5.75 Å². The molecule has 3 rings (SSSR count). The lowest BCUT2D eigenvalue weighted by molar-refractivity contribution is -0.113. The van der Waals surface area contributed by atoms with Gasteiger partial charge in [-0.2, -0.15) is 0 Å². The van der Waals surface area contributed by atoms with Gasteiger partial charge < -0.3 is 4.74 Å². The van der Waals surface area contributed by atoms with E-state index < -0.39 is 0 Å². The number of amides is 1. The van der Waals surface area contributed by atoms with E-state index in [2.05, 4.69) is 38.4 Å². The highest BCUT2D eigenvalue weighted by Gasteiger charge is 2.15. The lowest BCUT2D eigenvalue weighted by Crippen LogP contribution is -2.15. The molecule has 1 amide bonds. The topological polar surface area (TPSA) is 94.8 Å². The fraction of sp³-hybridized carbons (Fsp3) is 0.278. The molecule has 0 aliphatic heterocycles. The lowest BCUT2D eigenvalue weighted by atomic mass is 10.1. The summed E-state index contributed by atoms with van der Waals surface area (Å²) in [5.41, 5.74) is 3.81. The van der Waals surface area contributed by atoms with E-state index in [4.69, 9.17) is 4.74 Å². The van der Waals surface area contributed by atoms with Gasteiger partial charge >= 0.3 is 0 Å². The Morgan fingerprint density at radius 2 is 2.21 bits per heavy atom. The Morgan fingerprint density at radius 1 is 1.36 bits per heavy atom. The van der Waals surface area contributed by atoms with E-state index in [-0.39, 0.29) is 18.3 Å². The van der Waals surface area contributed by atoms with E-state index >= 15 is 0 Å². The van der Waals surface area contributed by atoms with Gasteiger partial charge in [0.15, 0.2) is 11.0 Å². The molecule has 146 valence electrons. The lowest BCUT2D eigenvalue weighted by Gasteiger charge is -2.11. The minimum atomic E-state index is -0.178. The number of benzene rings is 1. The number of thioether (sulfide) groups is 1. The molecule has 1 aromatic carbocycles. The maximum absolute atomic E-state index is 12.0. The molecule has 28 heavy (non-hydrogen) atoms. The van der Waals surface area contributed by atoms with Crippen LogP contribution in [0.25, 0.3) is 0 Å². The number of anilines is 1. The minimum absolute atomic E-state index is 0.178. The fourth-order valence-corrected chi connectivity index (χ4v) is 3.69. The quantitative estimate of drug-likeness (QED) is 0.423. The Hall–Kier alpha value is -2.72. The molecule has 3 aromatic rings. The zero-order chi connectivity index (χ0) is 19.9. The highest BCUT2D eigenvalue weighted by atomic mass is 32.2. The molecular weight excluding hydrogens is 396 g/mol. The third kappa shape index (κ3) is 5.17. The SMILES string of the molecule is C=CCn1c(COc2ccc(C)cc2C)nnc1SCC(=O)Nc1nncs1. The van der Waals surface area contributed by atoms with Crippen molar-refractivity contribution < 1.29 is 9.53 Å². The van der Waals surface area contributed by atoms with Crippen molar-refractivity contribution in [3.8, 4) is 5.75 Å². The first kappa shape index (κ1) is 20.0. The third-order valence-corrected chi connectivity index (χ3v) is 5.30. The molecule has 0 aliphatic carbocycles. The predicted octanol–water partition coefficient (Wildman–Crippen LogP) is 3.24. The number of nitrogens with zero attached hydrogens (tertiary/aromatic N) is 5. The van der Waals surface area contributed by atoms with Gasteiger partial charge in [0.05, 0.1) is 5.75 Å². The van der Waals surface area contributed by atoms with Crippen LogP contribution in [0.15, 0.2) is 41.5 Å². The molecule has 0 aliphatic rings. The average Bonchev–Trinajstić information content (AvgIpc) is 3.30. The third-order valence-electron chi connectivity index (χ3n) is 3.73. The number of allylic oxidation sites excluding steroid dienone is 1. The maximum Gasteiger partial charge on any atom is 0.236 e. The molecule has 0 saturated heterocycles. The monoisotopic (exact) mass is 416 g/mol. The van der Waals surface area contributed by atoms with Gasteiger partial charge in [0.25, 0.3) is 0 Å². The molecule has 1 N–H and O–H groups in total. The van der Waals surface area contributed by atoms with E-state index in [1.165, 1.54) is 28.7 Å². The van der Waals surface area contributed by atoms with Crippen molar-refractivity contribution in [2.24, 2.45) is 0 Å². The van der Waals surface area contributed by atoms with Crippen LogP contribution in [-0.2, 0) is 17.9 Å². The number of aromatic nitrogens is 5. The molecule has 0 unspecified atom stereocenters. The number of ether oxygens (including phenoxy) is 1. The van der Waals surface area contributed by atoms with Gasteiger partial charge in [0.2, 0.25) is 11.0 Å². The Bertz CT molecular complexity index is 955.